The summed E-state index contributed by atoms with van der Waals surface area (Å²) in [7, 11) is -3.02. The minimum atomic E-state index is -3.02. The van der Waals surface area contributed by atoms with E-state index in [9.17, 15) is 13.2 Å². The lowest BCUT2D eigenvalue weighted by molar-refractivity contribution is -0.130. The molecule has 140 valence electrons. The van der Waals surface area contributed by atoms with E-state index < -0.39 is 9.84 Å². The van der Waals surface area contributed by atoms with Crippen LogP contribution in [0.1, 0.15) is 20.3 Å². The minimum absolute atomic E-state index is 0.0448. The smallest absolute Gasteiger partial charge is 0.233 e. The number of nitrogens with one attached hydrogen (secondary N) is 1. The van der Waals surface area contributed by atoms with Gasteiger partial charge in [-0.05, 0) is 12.3 Å². The Labute approximate surface area is 157 Å². The lowest BCUT2D eigenvalue weighted by Crippen LogP contribution is -2.44. The van der Waals surface area contributed by atoms with Gasteiger partial charge in [0.25, 0.3) is 0 Å². The van der Waals surface area contributed by atoms with Crippen molar-refractivity contribution in [2.24, 2.45) is 5.92 Å². The van der Waals surface area contributed by atoms with Gasteiger partial charge < -0.3 is 10.2 Å². The topological polar surface area (TPSA) is 92.3 Å². The number of hydrogen-bond donors (Lipinski definition) is 1. The highest BCUT2D eigenvalue weighted by Crippen LogP contribution is 2.27. The van der Waals surface area contributed by atoms with Crippen LogP contribution in [0.15, 0.2) is 17.0 Å². The van der Waals surface area contributed by atoms with Gasteiger partial charge in [-0.1, -0.05) is 43.0 Å². The average molecular weight is 405 g/mol. The van der Waals surface area contributed by atoms with Crippen molar-refractivity contribution in [2.75, 3.05) is 35.7 Å². The molecular weight excluding hydrogens is 380 g/mol. The molecule has 1 amide bonds. The number of hydrogen-bond acceptors (Lipinski definition) is 8. The summed E-state index contributed by atoms with van der Waals surface area (Å²) in [5, 5.41) is 11.8. The molecule has 1 aliphatic rings. The van der Waals surface area contributed by atoms with Gasteiger partial charge in [0.1, 0.15) is 0 Å². The maximum absolute atomic E-state index is 12.7. The highest BCUT2D eigenvalue weighted by atomic mass is 32.2. The minimum Gasteiger partial charge on any atom is -0.357 e. The largest absolute Gasteiger partial charge is 0.357 e. The predicted molar refractivity (Wildman–Crippen MR) is 103 cm³/mol. The van der Waals surface area contributed by atoms with Crippen LogP contribution >= 0.6 is 23.1 Å². The third kappa shape index (κ3) is 6.27. The maximum Gasteiger partial charge on any atom is 0.233 e. The van der Waals surface area contributed by atoms with Gasteiger partial charge in [-0.15, -0.1) is 16.8 Å². The van der Waals surface area contributed by atoms with Gasteiger partial charge in [-0.25, -0.2) is 8.42 Å². The summed E-state index contributed by atoms with van der Waals surface area (Å²) >= 11 is 2.72. The van der Waals surface area contributed by atoms with Gasteiger partial charge in [0, 0.05) is 19.1 Å². The van der Waals surface area contributed by atoms with E-state index in [1.165, 1.54) is 23.1 Å². The fourth-order valence-corrected chi connectivity index (χ4v) is 5.95. The fourth-order valence-electron chi connectivity index (χ4n) is 2.57. The molecule has 1 N–H and O–H groups in total. The molecule has 0 unspecified atom stereocenters. The number of carbonyl (C=O) groups is 1. The Balaban J connectivity index is 1.95. The van der Waals surface area contributed by atoms with Crippen LogP contribution in [0.25, 0.3) is 0 Å². The second-order valence-electron chi connectivity index (χ2n) is 6.33. The van der Waals surface area contributed by atoms with Crippen LogP contribution in [0.3, 0.4) is 0 Å². The van der Waals surface area contributed by atoms with Crippen LogP contribution in [0.5, 0.6) is 0 Å². The van der Waals surface area contributed by atoms with Crippen LogP contribution in [0, 0.1) is 5.92 Å². The van der Waals surface area contributed by atoms with E-state index in [1.54, 1.807) is 11.0 Å². The van der Waals surface area contributed by atoms with Crippen molar-refractivity contribution >= 4 is 44.0 Å². The second-order valence-corrected chi connectivity index (χ2v) is 10.8. The summed E-state index contributed by atoms with van der Waals surface area (Å²) in [6.07, 6.45) is 2.26. The van der Waals surface area contributed by atoms with Crippen molar-refractivity contribution in [3.05, 3.63) is 12.7 Å². The first kappa shape index (κ1) is 20.2. The summed E-state index contributed by atoms with van der Waals surface area (Å²) in [6.45, 7) is 8.86. The van der Waals surface area contributed by atoms with Crippen molar-refractivity contribution in [3.63, 3.8) is 0 Å². The number of anilines is 1. The van der Waals surface area contributed by atoms with Crippen LogP contribution in [0.2, 0.25) is 0 Å². The van der Waals surface area contributed by atoms with E-state index in [4.69, 9.17) is 0 Å². The molecule has 1 aliphatic heterocycles. The first-order valence-electron chi connectivity index (χ1n) is 8.11. The number of nitrogens with zero attached hydrogens (tertiary/aromatic N) is 3. The van der Waals surface area contributed by atoms with Gasteiger partial charge in [0.05, 0.1) is 17.3 Å². The lowest BCUT2D eigenvalue weighted by atomic mass is 10.1. The van der Waals surface area contributed by atoms with Gasteiger partial charge in [0.2, 0.25) is 11.0 Å². The van der Waals surface area contributed by atoms with Gasteiger partial charge in [-0.3, -0.25) is 4.79 Å². The van der Waals surface area contributed by atoms with E-state index in [-0.39, 0.29) is 35.1 Å². The lowest BCUT2D eigenvalue weighted by Gasteiger charge is -2.29. The number of sulfone groups is 1. The molecule has 1 aromatic rings. The average Bonchev–Trinajstić information content (AvgIpc) is 3.14. The third-order valence-corrected chi connectivity index (χ3v) is 7.40. The predicted octanol–water partition coefficient (Wildman–Crippen LogP) is 1.90. The number of aromatic nitrogens is 2. The molecule has 2 rings (SSSR count). The summed E-state index contributed by atoms with van der Waals surface area (Å²) in [4.78, 5) is 14.4. The van der Waals surface area contributed by atoms with Crippen LogP contribution < -0.4 is 5.32 Å². The van der Waals surface area contributed by atoms with Crippen LogP contribution in [-0.4, -0.2) is 65.8 Å². The molecule has 0 saturated carbocycles. The van der Waals surface area contributed by atoms with E-state index in [0.29, 0.717) is 29.0 Å². The van der Waals surface area contributed by atoms with Gasteiger partial charge >= 0.3 is 0 Å². The number of carbonyl (C=O) groups excluding carboxylic acids is 1. The Morgan fingerprint density at radius 2 is 2.28 bits per heavy atom. The summed E-state index contributed by atoms with van der Waals surface area (Å²) < 4.78 is 24.2. The highest BCUT2D eigenvalue weighted by molar-refractivity contribution is 8.01. The van der Waals surface area contributed by atoms with E-state index in [0.717, 1.165) is 0 Å². The highest BCUT2D eigenvalue weighted by Gasteiger charge is 2.34. The molecule has 1 aromatic heterocycles. The molecule has 0 aliphatic carbocycles. The fraction of sp³-hybridized carbons (Fsp3) is 0.667. The Bertz CT molecular complexity index is 703. The Kier molecular flexibility index (Phi) is 7.26. The standard InChI is InChI=1S/C15H24N4O3S3/c1-4-6-16-14-17-18-15(24-14)23-9-13(20)19(8-11(2)3)12-5-7-25(21,22)10-12/h4,11-12H,1,5-10H2,2-3H3,(H,16,17)/t12-/m1/s1. The molecule has 2 heterocycles. The van der Waals surface area contributed by atoms with Gasteiger partial charge in [-0.2, -0.15) is 0 Å². The van der Waals surface area contributed by atoms with Crippen molar-refractivity contribution in [2.45, 2.75) is 30.6 Å². The molecular formula is C15H24N4O3S3. The zero-order valence-corrected chi connectivity index (χ0v) is 16.9. The van der Waals surface area contributed by atoms with E-state index in [1.807, 2.05) is 13.8 Å². The third-order valence-electron chi connectivity index (χ3n) is 3.65. The molecule has 25 heavy (non-hydrogen) atoms. The Hall–Kier alpha value is -1.13. The monoisotopic (exact) mass is 404 g/mol. The first-order chi connectivity index (χ1) is 11.8. The van der Waals surface area contributed by atoms with Crippen molar-refractivity contribution in [3.8, 4) is 0 Å². The number of rotatable bonds is 9. The normalized spacial score (nSPS) is 19.1. The van der Waals surface area contributed by atoms with E-state index >= 15 is 0 Å². The molecule has 10 heteroatoms. The molecule has 1 fully saturated rings. The molecule has 1 atom stereocenters. The molecule has 7 nitrogen and oxygen atoms in total. The Morgan fingerprint density at radius 1 is 1.52 bits per heavy atom. The second kappa shape index (κ2) is 9.00. The van der Waals surface area contributed by atoms with Gasteiger partial charge in [0.15, 0.2) is 14.2 Å². The molecule has 0 radical (unpaired) electrons. The van der Waals surface area contributed by atoms with Crippen molar-refractivity contribution in [1.82, 2.24) is 15.1 Å². The van der Waals surface area contributed by atoms with E-state index in [2.05, 4.69) is 22.1 Å². The SMILES string of the molecule is C=CCNc1nnc(SCC(=O)N(CC(C)C)[C@@H]2CCS(=O)(=O)C2)s1. The maximum atomic E-state index is 12.7. The van der Waals surface area contributed by atoms with Crippen LogP contribution in [-0.2, 0) is 14.6 Å². The van der Waals surface area contributed by atoms with Crippen molar-refractivity contribution < 1.29 is 13.2 Å². The Morgan fingerprint density at radius 3 is 2.88 bits per heavy atom. The van der Waals surface area contributed by atoms with Crippen LogP contribution in [0.4, 0.5) is 5.13 Å². The molecule has 0 aromatic carbocycles. The quantitative estimate of drug-likeness (QED) is 0.496. The molecule has 1 saturated heterocycles. The first-order valence-corrected chi connectivity index (χ1v) is 11.7. The molecule has 0 spiro atoms. The zero-order valence-electron chi connectivity index (χ0n) is 14.5. The van der Waals surface area contributed by atoms with Crippen molar-refractivity contribution in [1.29, 1.82) is 0 Å². The zero-order chi connectivity index (χ0) is 18.4. The number of thioether (sulfide) groups is 1. The summed E-state index contributed by atoms with van der Waals surface area (Å²) in [5.74, 6) is 0.718. The summed E-state index contributed by atoms with van der Waals surface area (Å²) in [6, 6.07) is -0.209. The molecule has 0 bridgehead atoms. The summed E-state index contributed by atoms with van der Waals surface area (Å²) in [5.41, 5.74) is 0. The number of amides is 1.